The van der Waals surface area contributed by atoms with Crippen LogP contribution in [-0.4, -0.2) is 73.1 Å². The Bertz CT molecular complexity index is 919. The number of oxazole rings is 1. The number of allylic oxidation sites excluding steroid dienone is 1. The van der Waals surface area contributed by atoms with Crippen molar-refractivity contribution >= 4 is 49.3 Å². The van der Waals surface area contributed by atoms with Gasteiger partial charge < -0.3 is 19.0 Å². The van der Waals surface area contributed by atoms with Crippen LogP contribution in [-0.2, 0) is 22.4 Å². The second kappa shape index (κ2) is 12.0. The molecule has 0 spiro atoms. The molecule has 1 aliphatic rings. The van der Waals surface area contributed by atoms with E-state index in [1.54, 1.807) is 0 Å². The topological polar surface area (TPSA) is 81.8 Å². The summed E-state index contributed by atoms with van der Waals surface area (Å²) in [5.74, 6) is 1.79. The molecule has 1 N–H and O–H groups in total. The summed E-state index contributed by atoms with van der Waals surface area (Å²) in [4.78, 5) is 16.1. The van der Waals surface area contributed by atoms with Crippen molar-refractivity contribution in [1.82, 2.24) is 4.98 Å². The van der Waals surface area contributed by atoms with Crippen molar-refractivity contribution in [2.24, 2.45) is 0 Å². The normalized spacial score (nSPS) is 13.9. The van der Waals surface area contributed by atoms with Gasteiger partial charge in [-0.25, -0.2) is 9.78 Å². The van der Waals surface area contributed by atoms with Crippen molar-refractivity contribution in [3.05, 3.63) is 52.7 Å². The van der Waals surface area contributed by atoms with Crippen LogP contribution in [0.4, 0.5) is 0 Å². The number of hydrogen-bond donors (Lipinski definition) is 1. The van der Waals surface area contributed by atoms with Gasteiger partial charge in [0.1, 0.15) is 11.5 Å². The number of fused-ring (bicyclic) bond motifs is 1. The number of benzene rings is 1. The van der Waals surface area contributed by atoms with Crippen molar-refractivity contribution in [1.29, 1.82) is 0 Å². The summed E-state index contributed by atoms with van der Waals surface area (Å²) >= 11 is 0. The van der Waals surface area contributed by atoms with Crippen LogP contribution in [0.3, 0.4) is 0 Å². The van der Waals surface area contributed by atoms with Gasteiger partial charge in [0.25, 0.3) is 0 Å². The third-order valence-corrected chi connectivity index (χ3v) is 5.31. The van der Waals surface area contributed by atoms with E-state index in [0.29, 0.717) is 26.1 Å². The first-order valence-electron chi connectivity index (χ1n) is 10.6. The number of hydrogen-bond acceptors (Lipinski definition) is 5. The summed E-state index contributed by atoms with van der Waals surface area (Å²) in [5.41, 5.74) is 4.14. The van der Waals surface area contributed by atoms with E-state index in [2.05, 4.69) is 24.9 Å². The van der Waals surface area contributed by atoms with Gasteiger partial charge in [-0.15, -0.1) is 0 Å². The average molecular weight is 456 g/mol. The second-order valence-electron chi connectivity index (χ2n) is 7.84. The van der Waals surface area contributed by atoms with E-state index >= 15 is 0 Å². The van der Waals surface area contributed by atoms with Crippen molar-refractivity contribution in [3.63, 3.8) is 0 Å². The molecule has 166 valence electrons. The number of aromatic nitrogens is 1. The van der Waals surface area contributed by atoms with Gasteiger partial charge in [-0.05, 0) is 43.9 Å². The molecular weight excluding hydrogens is 422 g/mol. The van der Waals surface area contributed by atoms with Crippen LogP contribution in [0.1, 0.15) is 68.0 Å². The number of rotatable bonds is 10. The Hall–Kier alpha value is -1.34. The van der Waals surface area contributed by atoms with Crippen LogP contribution in [0.15, 0.2) is 28.7 Å². The Labute approximate surface area is 214 Å². The van der Waals surface area contributed by atoms with Gasteiger partial charge in [0.2, 0.25) is 0 Å². The molecule has 0 fully saturated rings. The average Bonchev–Trinajstić information content (AvgIpc) is 3.09. The number of ether oxygens (including phenoxy) is 2. The summed E-state index contributed by atoms with van der Waals surface area (Å²) in [6.45, 7) is 8.76. The second-order valence-corrected chi connectivity index (χ2v) is 7.84. The summed E-state index contributed by atoms with van der Waals surface area (Å²) in [7, 11) is 0. The minimum absolute atomic E-state index is 0. The van der Waals surface area contributed by atoms with Crippen molar-refractivity contribution < 1.29 is 23.8 Å². The summed E-state index contributed by atoms with van der Waals surface area (Å²) in [6.07, 6.45) is 4.06. The molecule has 0 saturated carbocycles. The van der Waals surface area contributed by atoms with Gasteiger partial charge in [-0.1, -0.05) is 32.1 Å². The van der Waals surface area contributed by atoms with Gasteiger partial charge in [0.15, 0.2) is 12.0 Å². The molecule has 0 saturated heterocycles. The number of carboxylic acid groups (broad SMARTS) is 1. The summed E-state index contributed by atoms with van der Waals surface area (Å²) < 4.78 is 17.3. The van der Waals surface area contributed by atoms with Crippen LogP contribution in [0.2, 0.25) is 0 Å². The molecule has 1 aromatic heterocycles. The quantitative estimate of drug-likeness (QED) is 0.545. The van der Waals surface area contributed by atoms with E-state index in [1.165, 1.54) is 0 Å². The molecule has 31 heavy (non-hydrogen) atoms. The van der Waals surface area contributed by atoms with Crippen LogP contribution >= 0.6 is 0 Å². The standard InChI is InChI=1S/C24H31NO5.Ca.2H/c1-5-28-22(24(26)27)14-17-8-6-10-19-18(17)9-7-11-21(19)29-13-12-20-16(4)30-23(25-20)15(2)3;;;/h7-9,11,15,22H,5-6,10,12-14H2,1-4H3,(H,26,27);;;. The third-order valence-electron chi connectivity index (χ3n) is 5.31. The Kier molecular flexibility index (Phi) is 10.1. The van der Waals surface area contributed by atoms with Crippen LogP contribution in [0, 0.1) is 6.92 Å². The predicted molar refractivity (Wildman–Crippen MR) is 123 cm³/mol. The van der Waals surface area contributed by atoms with E-state index in [4.69, 9.17) is 13.9 Å². The molecule has 1 atom stereocenters. The number of carboxylic acids is 1. The molecule has 0 amide bonds. The van der Waals surface area contributed by atoms with E-state index in [1.807, 2.05) is 32.0 Å². The molecule has 0 bridgehead atoms. The summed E-state index contributed by atoms with van der Waals surface area (Å²) in [6, 6.07) is 5.98. The monoisotopic (exact) mass is 455 g/mol. The van der Waals surface area contributed by atoms with Crippen LogP contribution < -0.4 is 4.74 Å². The first kappa shape index (κ1) is 25.9. The SMILES string of the molecule is CCOC(CC1=CCCc2c(OCCc3nc(C(C)C)oc3C)cccc21)C(=O)O.[CaH2]. The van der Waals surface area contributed by atoms with Gasteiger partial charge in [0, 0.05) is 30.9 Å². The van der Waals surface area contributed by atoms with Crippen molar-refractivity contribution in [2.45, 2.75) is 65.4 Å². The molecule has 0 radical (unpaired) electrons. The molecule has 1 aromatic carbocycles. The molecule has 3 rings (SSSR count). The Morgan fingerprint density at radius 1 is 1.32 bits per heavy atom. The van der Waals surface area contributed by atoms with Crippen molar-refractivity contribution in [2.75, 3.05) is 13.2 Å². The Balaban J connectivity index is 0.00000341. The zero-order chi connectivity index (χ0) is 21.7. The molecule has 1 heterocycles. The molecule has 0 aliphatic heterocycles. The van der Waals surface area contributed by atoms with Gasteiger partial charge in [0.05, 0.1) is 12.3 Å². The number of aliphatic carboxylic acids is 1. The van der Waals surface area contributed by atoms with E-state index in [9.17, 15) is 9.90 Å². The maximum atomic E-state index is 11.5. The zero-order valence-corrected chi connectivity index (χ0v) is 18.2. The van der Waals surface area contributed by atoms with Crippen LogP contribution in [0.25, 0.3) is 5.57 Å². The van der Waals surface area contributed by atoms with E-state index in [-0.39, 0.29) is 43.7 Å². The molecule has 1 aliphatic carbocycles. The summed E-state index contributed by atoms with van der Waals surface area (Å²) in [5, 5.41) is 9.43. The first-order chi connectivity index (χ1) is 14.4. The number of aryl methyl sites for hydroxylation is 1. The van der Waals surface area contributed by atoms with Crippen molar-refractivity contribution in [3.8, 4) is 5.75 Å². The fraction of sp³-hybridized carbons (Fsp3) is 0.500. The fourth-order valence-corrected chi connectivity index (χ4v) is 3.76. The van der Waals surface area contributed by atoms with Crippen LogP contribution in [0.5, 0.6) is 5.75 Å². The predicted octanol–water partition coefficient (Wildman–Crippen LogP) is 4.02. The van der Waals surface area contributed by atoms with E-state index < -0.39 is 12.1 Å². The molecule has 1 unspecified atom stereocenters. The maximum absolute atomic E-state index is 11.5. The zero-order valence-electron chi connectivity index (χ0n) is 18.2. The molecular formula is C24H33CaNO5. The van der Waals surface area contributed by atoms with Gasteiger partial charge in [-0.3, -0.25) is 0 Å². The number of carbonyl (C=O) groups is 1. The molecule has 2 aromatic rings. The minimum atomic E-state index is -0.930. The Morgan fingerprint density at radius 3 is 2.74 bits per heavy atom. The number of nitrogens with zero attached hydrogens (tertiary/aromatic N) is 1. The van der Waals surface area contributed by atoms with E-state index in [0.717, 1.165) is 52.6 Å². The van der Waals surface area contributed by atoms with Gasteiger partial charge in [-0.2, -0.15) is 0 Å². The Morgan fingerprint density at radius 2 is 2.10 bits per heavy atom. The first-order valence-corrected chi connectivity index (χ1v) is 10.6. The molecule has 7 heteroatoms. The third kappa shape index (κ3) is 6.58. The molecule has 6 nitrogen and oxygen atoms in total. The fourth-order valence-electron chi connectivity index (χ4n) is 3.76. The van der Waals surface area contributed by atoms with Gasteiger partial charge >= 0.3 is 43.7 Å².